The molecule has 0 unspecified atom stereocenters. The minimum absolute atomic E-state index is 0.0640. The van der Waals surface area contributed by atoms with Gasteiger partial charge in [-0.1, -0.05) is 18.5 Å². The third-order valence-corrected chi connectivity index (χ3v) is 5.93. The number of nitrogens with one attached hydrogen (secondary N) is 1. The summed E-state index contributed by atoms with van der Waals surface area (Å²) in [6.45, 7) is 2.64. The third kappa shape index (κ3) is 3.57. The van der Waals surface area contributed by atoms with Crippen LogP contribution in [0.25, 0.3) is 10.9 Å². The number of rotatable bonds is 4. The molecule has 144 valence electrons. The average Bonchev–Trinajstić information content (AvgIpc) is 3.26. The molecule has 2 heterocycles. The van der Waals surface area contributed by atoms with Crippen LogP contribution in [0.5, 0.6) is 0 Å². The molecule has 2 atom stereocenters. The summed E-state index contributed by atoms with van der Waals surface area (Å²) in [5, 5.41) is 1.82. The summed E-state index contributed by atoms with van der Waals surface area (Å²) in [5.74, 6) is -0.183. The van der Waals surface area contributed by atoms with E-state index < -0.39 is 6.04 Å². The van der Waals surface area contributed by atoms with E-state index in [2.05, 4.69) is 4.98 Å². The molecule has 6 heteroatoms. The van der Waals surface area contributed by atoms with Crippen molar-refractivity contribution in [2.24, 2.45) is 0 Å². The molecule has 4 rings (SSSR count). The van der Waals surface area contributed by atoms with Crippen molar-refractivity contribution < 1.29 is 14.3 Å². The van der Waals surface area contributed by atoms with Gasteiger partial charge in [0.1, 0.15) is 12.1 Å². The number of esters is 1. The number of aryl methyl sites for hydroxylation is 1. The number of fused-ring (bicyclic) bond motifs is 3. The normalized spacial score (nSPS) is 22.1. The number of aromatic nitrogens is 1. The van der Waals surface area contributed by atoms with Crippen molar-refractivity contribution >= 4 is 34.4 Å². The zero-order valence-electron chi connectivity index (χ0n) is 15.6. The molecule has 5 nitrogen and oxygen atoms in total. The van der Waals surface area contributed by atoms with Gasteiger partial charge in [-0.15, -0.1) is 0 Å². The average molecular weight is 389 g/mol. The molecule has 0 radical (unpaired) electrons. The Morgan fingerprint density at radius 3 is 3.00 bits per heavy atom. The first-order valence-electron chi connectivity index (χ1n) is 9.85. The van der Waals surface area contributed by atoms with Crippen molar-refractivity contribution in [1.29, 1.82) is 0 Å². The van der Waals surface area contributed by atoms with Gasteiger partial charge in [-0.05, 0) is 55.9 Å². The van der Waals surface area contributed by atoms with Crippen LogP contribution in [0.1, 0.15) is 50.3 Å². The fraction of sp³-hybridized carbons (Fsp3) is 0.524. The number of hydrogen-bond donors (Lipinski definition) is 1. The van der Waals surface area contributed by atoms with Crippen molar-refractivity contribution in [2.45, 2.75) is 64.0 Å². The summed E-state index contributed by atoms with van der Waals surface area (Å²) in [4.78, 5) is 30.2. The van der Waals surface area contributed by atoms with E-state index in [-0.39, 0.29) is 18.0 Å². The SMILES string of the molecule is CCCC(=O)N1CCC[C@H]1C(=O)O[C@@H]1CCc2[nH]c3ccc(Cl)cc3c2C1. The Balaban J connectivity index is 1.46. The van der Waals surface area contributed by atoms with Crippen LogP contribution in [-0.4, -0.2) is 40.5 Å². The van der Waals surface area contributed by atoms with Crippen molar-refractivity contribution in [2.75, 3.05) is 6.54 Å². The molecule has 1 amide bonds. The maximum Gasteiger partial charge on any atom is 0.329 e. The summed E-state index contributed by atoms with van der Waals surface area (Å²) in [6, 6.07) is 5.43. The molecular weight excluding hydrogens is 364 g/mol. The minimum Gasteiger partial charge on any atom is -0.460 e. The number of ether oxygens (including phenoxy) is 1. The molecule has 0 saturated carbocycles. The van der Waals surface area contributed by atoms with E-state index in [0.29, 0.717) is 30.8 Å². The van der Waals surface area contributed by atoms with Crippen LogP contribution in [0.15, 0.2) is 18.2 Å². The van der Waals surface area contributed by atoms with Gasteiger partial charge in [0.2, 0.25) is 5.91 Å². The van der Waals surface area contributed by atoms with Crippen molar-refractivity contribution in [3.63, 3.8) is 0 Å². The van der Waals surface area contributed by atoms with E-state index >= 15 is 0 Å². The predicted molar refractivity (Wildman–Crippen MR) is 105 cm³/mol. The highest BCUT2D eigenvalue weighted by Crippen LogP contribution is 2.32. The molecule has 2 aromatic rings. The number of nitrogens with zero attached hydrogens (tertiary/aromatic N) is 1. The monoisotopic (exact) mass is 388 g/mol. The van der Waals surface area contributed by atoms with Gasteiger partial charge in [0, 0.05) is 41.0 Å². The second-order valence-electron chi connectivity index (χ2n) is 7.57. The number of hydrogen-bond acceptors (Lipinski definition) is 3. The number of carbonyl (C=O) groups is 2. The Morgan fingerprint density at radius 2 is 2.19 bits per heavy atom. The highest BCUT2D eigenvalue weighted by atomic mass is 35.5. The standard InChI is InChI=1S/C21H25ClN2O3/c1-2-4-20(25)24-10-3-5-19(24)21(26)27-14-7-9-18-16(12-14)15-11-13(22)6-8-17(15)23-18/h6,8,11,14,19,23H,2-5,7,9-10,12H2,1H3/t14-,19+/m1/s1. The summed E-state index contributed by atoms with van der Waals surface area (Å²) in [7, 11) is 0. The lowest BCUT2D eigenvalue weighted by molar-refractivity contribution is -0.158. The fourth-order valence-corrected chi connectivity index (χ4v) is 4.54. The van der Waals surface area contributed by atoms with Crippen molar-refractivity contribution in [1.82, 2.24) is 9.88 Å². The van der Waals surface area contributed by atoms with Crippen LogP contribution < -0.4 is 0 Å². The summed E-state index contributed by atoms with van der Waals surface area (Å²) >= 11 is 6.16. The van der Waals surface area contributed by atoms with Gasteiger partial charge in [0.25, 0.3) is 0 Å². The van der Waals surface area contributed by atoms with Gasteiger partial charge in [-0.25, -0.2) is 4.79 Å². The number of halogens is 1. The minimum atomic E-state index is -0.414. The molecule has 1 N–H and O–H groups in total. The van der Waals surface area contributed by atoms with Crippen LogP contribution in [0.4, 0.5) is 0 Å². The Labute approximate surface area is 164 Å². The van der Waals surface area contributed by atoms with Gasteiger partial charge in [0.05, 0.1) is 0 Å². The van der Waals surface area contributed by atoms with E-state index in [9.17, 15) is 9.59 Å². The molecule has 0 spiro atoms. The van der Waals surface area contributed by atoms with Crippen molar-refractivity contribution in [3.05, 3.63) is 34.5 Å². The van der Waals surface area contributed by atoms with E-state index in [0.717, 1.165) is 36.6 Å². The lowest BCUT2D eigenvalue weighted by Crippen LogP contribution is -2.43. The Bertz CT molecular complexity index is 876. The molecule has 1 aromatic carbocycles. The highest BCUT2D eigenvalue weighted by molar-refractivity contribution is 6.31. The van der Waals surface area contributed by atoms with Crippen LogP contribution in [-0.2, 0) is 27.2 Å². The molecule has 1 aromatic heterocycles. The van der Waals surface area contributed by atoms with Crippen molar-refractivity contribution in [3.8, 4) is 0 Å². The molecule has 1 saturated heterocycles. The molecule has 27 heavy (non-hydrogen) atoms. The van der Waals surface area contributed by atoms with Gasteiger partial charge in [-0.2, -0.15) is 0 Å². The topological polar surface area (TPSA) is 62.4 Å². The second-order valence-corrected chi connectivity index (χ2v) is 8.01. The van der Waals surface area contributed by atoms with Crippen LogP contribution in [0.3, 0.4) is 0 Å². The molecule has 1 aliphatic carbocycles. The van der Waals surface area contributed by atoms with Crippen LogP contribution in [0, 0.1) is 0 Å². The molecule has 1 fully saturated rings. The molecule has 2 aliphatic rings. The van der Waals surface area contributed by atoms with E-state index in [1.54, 1.807) is 4.90 Å². The maximum absolute atomic E-state index is 12.8. The number of likely N-dealkylation sites (tertiary alicyclic amines) is 1. The summed E-state index contributed by atoms with van der Waals surface area (Å²) < 4.78 is 5.86. The summed E-state index contributed by atoms with van der Waals surface area (Å²) in [5.41, 5.74) is 3.48. The zero-order chi connectivity index (χ0) is 19.0. The molecular formula is C21H25ClN2O3. The van der Waals surface area contributed by atoms with Crippen LogP contribution in [0.2, 0.25) is 5.02 Å². The third-order valence-electron chi connectivity index (χ3n) is 5.70. The summed E-state index contributed by atoms with van der Waals surface area (Å²) in [6.07, 6.45) is 5.05. The first-order valence-corrected chi connectivity index (χ1v) is 10.2. The lowest BCUT2D eigenvalue weighted by atomic mass is 9.93. The fourth-order valence-electron chi connectivity index (χ4n) is 4.37. The highest BCUT2D eigenvalue weighted by Gasteiger charge is 2.36. The number of aromatic amines is 1. The lowest BCUT2D eigenvalue weighted by Gasteiger charge is -2.27. The Morgan fingerprint density at radius 1 is 1.33 bits per heavy atom. The van der Waals surface area contributed by atoms with Gasteiger partial charge in [-0.3, -0.25) is 4.79 Å². The quantitative estimate of drug-likeness (QED) is 0.805. The zero-order valence-corrected chi connectivity index (χ0v) is 16.3. The Kier molecular flexibility index (Phi) is 5.13. The van der Waals surface area contributed by atoms with Crippen LogP contribution >= 0.6 is 11.6 Å². The number of benzene rings is 1. The smallest absolute Gasteiger partial charge is 0.329 e. The number of H-pyrrole nitrogens is 1. The predicted octanol–water partition coefficient (Wildman–Crippen LogP) is 4.01. The van der Waals surface area contributed by atoms with E-state index in [1.165, 1.54) is 11.3 Å². The van der Waals surface area contributed by atoms with E-state index in [1.807, 2.05) is 25.1 Å². The van der Waals surface area contributed by atoms with Gasteiger partial charge < -0.3 is 14.6 Å². The maximum atomic E-state index is 12.8. The van der Waals surface area contributed by atoms with Gasteiger partial charge >= 0.3 is 5.97 Å². The second kappa shape index (κ2) is 7.55. The first kappa shape index (κ1) is 18.4. The molecule has 1 aliphatic heterocycles. The largest absolute Gasteiger partial charge is 0.460 e. The Hall–Kier alpha value is -2.01. The number of amides is 1. The van der Waals surface area contributed by atoms with E-state index in [4.69, 9.17) is 16.3 Å². The number of carbonyl (C=O) groups excluding carboxylic acids is 2. The first-order chi connectivity index (χ1) is 13.1. The van der Waals surface area contributed by atoms with Gasteiger partial charge in [0.15, 0.2) is 0 Å². The molecule has 0 bridgehead atoms.